The highest BCUT2D eigenvalue weighted by atomic mass is 32.2. The van der Waals surface area contributed by atoms with Crippen molar-refractivity contribution in [2.75, 3.05) is 31.8 Å². The summed E-state index contributed by atoms with van der Waals surface area (Å²) in [7, 11) is -1.53. The molecule has 29 heavy (non-hydrogen) atoms. The maximum absolute atomic E-state index is 13.2. The van der Waals surface area contributed by atoms with Crippen molar-refractivity contribution in [1.82, 2.24) is 4.90 Å². The monoisotopic (exact) mass is 423 g/mol. The van der Waals surface area contributed by atoms with E-state index in [1.165, 1.54) is 12.1 Å². The second-order valence-corrected chi connectivity index (χ2v) is 9.46. The van der Waals surface area contributed by atoms with Gasteiger partial charge < -0.3 is 14.6 Å². The summed E-state index contributed by atoms with van der Waals surface area (Å²) >= 11 is 0. The lowest BCUT2D eigenvalue weighted by Gasteiger charge is -2.30. The maximum Gasteiger partial charge on any atom is 0.161 e. The van der Waals surface area contributed by atoms with E-state index in [0.29, 0.717) is 24.5 Å². The van der Waals surface area contributed by atoms with Crippen molar-refractivity contribution < 1.29 is 27.4 Å². The number of aliphatic hydroxyl groups is 1. The lowest BCUT2D eigenvalue weighted by molar-refractivity contribution is 0.0517. The quantitative estimate of drug-likeness (QED) is 0.667. The van der Waals surface area contributed by atoms with Gasteiger partial charge in [0.15, 0.2) is 21.3 Å². The van der Waals surface area contributed by atoms with Gasteiger partial charge in [-0.05, 0) is 36.2 Å². The summed E-state index contributed by atoms with van der Waals surface area (Å²) in [5.74, 6) is 0.987. The Balaban J connectivity index is 1.66. The first-order valence-corrected chi connectivity index (χ1v) is 11.3. The van der Waals surface area contributed by atoms with Crippen molar-refractivity contribution in [1.29, 1.82) is 0 Å². The minimum absolute atomic E-state index is 0.0414. The van der Waals surface area contributed by atoms with Crippen LogP contribution in [-0.2, 0) is 16.4 Å². The molecular formula is C21H26FNO5S. The first kappa shape index (κ1) is 21.5. The molecule has 0 unspecified atom stereocenters. The van der Waals surface area contributed by atoms with Crippen LogP contribution in [-0.4, -0.2) is 62.3 Å². The molecule has 0 radical (unpaired) electrons. The number of methoxy groups -OCH3 is 1. The van der Waals surface area contributed by atoms with E-state index < -0.39 is 15.9 Å². The van der Waals surface area contributed by atoms with E-state index in [1.807, 2.05) is 17.0 Å². The Bertz CT molecular complexity index is 904. The summed E-state index contributed by atoms with van der Waals surface area (Å²) in [5.41, 5.74) is 0.855. The van der Waals surface area contributed by atoms with E-state index >= 15 is 0 Å². The summed E-state index contributed by atoms with van der Waals surface area (Å²) in [5, 5.41) is 10.5. The fourth-order valence-electron chi connectivity index (χ4n) is 3.48. The number of rotatable bonds is 9. The molecule has 1 fully saturated rings. The number of para-hydroxylation sites is 2. The number of halogens is 1. The molecule has 0 aliphatic carbocycles. The number of hydrogen-bond acceptors (Lipinski definition) is 6. The average molecular weight is 424 g/mol. The Morgan fingerprint density at radius 2 is 1.86 bits per heavy atom. The molecule has 1 aliphatic rings. The zero-order valence-corrected chi connectivity index (χ0v) is 17.1. The predicted molar refractivity (Wildman–Crippen MR) is 108 cm³/mol. The summed E-state index contributed by atoms with van der Waals surface area (Å²) in [6.07, 6.45) is -0.312. The Hall–Kier alpha value is -2.16. The summed E-state index contributed by atoms with van der Waals surface area (Å²) < 4.78 is 48.0. The van der Waals surface area contributed by atoms with Gasteiger partial charge >= 0.3 is 0 Å². The summed E-state index contributed by atoms with van der Waals surface area (Å²) in [6, 6.07) is 13.1. The van der Waals surface area contributed by atoms with E-state index in [4.69, 9.17) is 9.47 Å². The van der Waals surface area contributed by atoms with Crippen molar-refractivity contribution in [3.05, 3.63) is 59.9 Å². The fraction of sp³-hybridized carbons (Fsp3) is 0.429. The lowest BCUT2D eigenvalue weighted by Crippen LogP contribution is -2.42. The van der Waals surface area contributed by atoms with Crippen LogP contribution in [0, 0.1) is 5.82 Å². The Kier molecular flexibility index (Phi) is 7.10. The lowest BCUT2D eigenvalue weighted by atomic mass is 10.1. The fourth-order valence-corrected chi connectivity index (χ4v) is 5.24. The van der Waals surface area contributed by atoms with Crippen molar-refractivity contribution in [2.45, 2.75) is 25.1 Å². The van der Waals surface area contributed by atoms with Crippen LogP contribution >= 0.6 is 0 Å². The number of hydrogen-bond donors (Lipinski definition) is 1. The molecule has 0 amide bonds. The number of sulfone groups is 1. The average Bonchev–Trinajstić information content (AvgIpc) is 3.07. The zero-order valence-electron chi connectivity index (χ0n) is 16.3. The van der Waals surface area contributed by atoms with Gasteiger partial charge in [-0.3, -0.25) is 4.90 Å². The van der Waals surface area contributed by atoms with Gasteiger partial charge in [0.1, 0.15) is 18.5 Å². The summed E-state index contributed by atoms with van der Waals surface area (Å²) in [6.45, 7) is 0.707. The molecule has 3 rings (SSSR count). The first-order valence-electron chi connectivity index (χ1n) is 9.49. The topological polar surface area (TPSA) is 76.1 Å². The third kappa shape index (κ3) is 6.16. The van der Waals surface area contributed by atoms with Crippen LogP contribution < -0.4 is 9.47 Å². The second-order valence-electron chi connectivity index (χ2n) is 7.23. The van der Waals surface area contributed by atoms with Crippen LogP contribution in [0.25, 0.3) is 0 Å². The van der Waals surface area contributed by atoms with Crippen molar-refractivity contribution in [2.24, 2.45) is 0 Å². The molecule has 2 aromatic rings. The summed E-state index contributed by atoms with van der Waals surface area (Å²) in [4.78, 5) is 1.94. The maximum atomic E-state index is 13.2. The molecule has 6 nitrogen and oxygen atoms in total. The number of benzene rings is 2. The molecule has 1 heterocycles. The third-order valence-corrected chi connectivity index (χ3v) is 6.72. The molecule has 0 bridgehead atoms. The minimum Gasteiger partial charge on any atom is -0.493 e. The second kappa shape index (κ2) is 9.56. The molecule has 2 aromatic carbocycles. The van der Waals surface area contributed by atoms with Crippen LogP contribution in [0.1, 0.15) is 12.0 Å². The molecule has 158 valence electrons. The van der Waals surface area contributed by atoms with E-state index in [1.54, 1.807) is 31.4 Å². The highest BCUT2D eigenvalue weighted by Crippen LogP contribution is 2.26. The number of aliphatic hydroxyl groups excluding tert-OH is 1. The molecule has 0 spiro atoms. The van der Waals surface area contributed by atoms with Crippen molar-refractivity contribution >= 4 is 9.84 Å². The molecule has 2 atom stereocenters. The zero-order chi connectivity index (χ0) is 20.9. The van der Waals surface area contributed by atoms with Crippen LogP contribution in [0.5, 0.6) is 11.5 Å². The van der Waals surface area contributed by atoms with Crippen molar-refractivity contribution in [3.63, 3.8) is 0 Å². The van der Waals surface area contributed by atoms with Gasteiger partial charge in [-0.15, -0.1) is 0 Å². The first-order chi connectivity index (χ1) is 13.9. The standard InChI is InChI=1S/C21H26FNO5S/c1-27-20-4-2-3-5-21(20)28-14-19(24)13-23(18-10-11-29(25,26)15-18)12-16-6-8-17(22)9-7-16/h2-9,18-19,24H,10-15H2,1H3/t18-,19-/m0/s1. The van der Waals surface area contributed by atoms with Gasteiger partial charge in [0.05, 0.1) is 18.6 Å². The molecule has 0 saturated carbocycles. The van der Waals surface area contributed by atoms with Gasteiger partial charge in [-0.1, -0.05) is 24.3 Å². The number of nitrogens with zero attached hydrogens (tertiary/aromatic N) is 1. The van der Waals surface area contributed by atoms with Crippen LogP contribution in [0.3, 0.4) is 0 Å². The van der Waals surface area contributed by atoms with E-state index in [2.05, 4.69) is 0 Å². The Morgan fingerprint density at radius 1 is 1.17 bits per heavy atom. The predicted octanol–water partition coefficient (Wildman–Crippen LogP) is 2.26. The molecule has 1 saturated heterocycles. The Morgan fingerprint density at radius 3 is 2.48 bits per heavy atom. The highest BCUT2D eigenvalue weighted by Gasteiger charge is 2.33. The molecule has 0 aromatic heterocycles. The van der Waals surface area contributed by atoms with Gasteiger partial charge in [0.2, 0.25) is 0 Å². The minimum atomic E-state index is -3.07. The molecule has 1 N–H and O–H groups in total. The highest BCUT2D eigenvalue weighted by molar-refractivity contribution is 7.91. The van der Waals surface area contributed by atoms with Crippen LogP contribution in [0.2, 0.25) is 0 Å². The SMILES string of the molecule is COc1ccccc1OC[C@@H](O)CN(Cc1ccc(F)cc1)[C@H]1CCS(=O)(=O)C1. The van der Waals surface area contributed by atoms with Gasteiger partial charge in [-0.25, -0.2) is 12.8 Å². The normalized spacial score (nSPS) is 19.2. The molecule has 1 aliphatic heterocycles. The van der Waals surface area contributed by atoms with Gasteiger partial charge in [0.25, 0.3) is 0 Å². The van der Waals surface area contributed by atoms with Crippen molar-refractivity contribution in [3.8, 4) is 11.5 Å². The number of ether oxygens (including phenoxy) is 2. The van der Waals surface area contributed by atoms with E-state index in [0.717, 1.165) is 5.56 Å². The van der Waals surface area contributed by atoms with E-state index in [9.17, 15) is 17.9 Å². The van der Waals surface area contributed by atoms with Crippen LogP contribution in [0.4, 0.5) is 4.39 Å². The van der Waals surface area contributed by atoms with E-state index in [-0.39, 0.29) is 36.5 Å². The molecule has 8 heteroatoms. The van der Waals surface area contributed by atoms with Gasteiger partial charge in [0, 0.05) is 19.1 Å². The smallest absolute Gasteiger partial charge is 0.161 e. The molecular weight excluding hydrogens is 397 g/mol. The van der Waals surface area contributed by atoms with Gasteiger partial charge in [-0.2, -0.15) is 0 Å². The Labute approximate surface area is 170 Å². The van der Waals surface area contributed by atoms with Crippen LogP contribution in [0.15, 0.2) is 48.5 Å². The largest absolute Gasteiger partial charge is 0.493 e. The third-order valence-electron chi connectivity index (χ3n) is 4.97.